The molecule has 0 fully saturated rings. The van der Waals surface area contributed by atoms with Gasteiger partial charge in [0.15, 0.2) is 0 Å². The van der Waals surface area contributed by atoms with Crippen molar-refractivity contribution in [1.29, 1.82) is 0 Å². The van der Waals surface area contributed by atoms with Crippen LogP contribution < -0.4 is 15.1 Å². The summed E-state index contributed by atoms with van der Waals surface area (Å²) < 4.78 is 128. The molecular formula is C31H31F9N6O4. The molecule has 0 spiro atoms. The van der Waals surface area contributed by atoms with E-state index in [1.165, 1.54) is 11.1 Å². The summed E-state index contributed by atoms with van der Waals surface area (Å²) in [6, 6.07) is 1.16. The highest BCUT2D eigenvalue weighted by molar-refractivity contribution is 5.90. The van der Waals surface area contributed by atoms with Gasteiger partial charge in [-0.2, -0.15) is 39.5 Å². The number of rotatable bonds is 10. The number of carboxylic acids is 1. The molecule has 0 unspecified atom stereocenters. The van der Waals surface area contributed by atoms with Gasteiger partial charge in [-0.3, -0.25) is 9.69 Å². The summed E-state index contributed by atoms with van der Waals surface area (Å²) in [6.45, 7) is 1.44. The number of nitrogens with one attached hydrogen (secondary N) is 1. The fourth-order valence-corrected chi connectivity index (χ4v) is 5.40. The monoisotopic (exact) mass is 722 g/mol. The summed E-state index contributed by atoms with van der Waals surface area (Å²) in [5.74, 6) is -1.33. The second-order valence-corrected chi connectivity index (χ2v) is 11.6. The number of nitrogens with zero attached hydrogens (tertiary/aromatic N) is 5. The molecule has 2 atom stereocenters. The zero-order valence-corrected chi connectivity index (χ0v) is 26.7. The SMILES string of the molecule is CC[C@@H]1C[C@H](Nc2ncc(N(C)C)c(Cc3cc(C(F)(F)F)cc(C(F)(F)F)c3)n2)c2nc(C(F)(F)F)ccc2N1C(=O)OCCCC(=O)O. The number of pyridine rings is 1. The Kier molecular flexibility index (Phi) is 11.1. The van der Waals surface area contributed by atoms with Crippen molar-refractivity contribution in [2.24, 2.45) is 0 Å². The molecule has 4 rings (SSSR count). The molecule has 19 heteroatoms. The first-order valence-corrected chi connectivity index (χ1v) is 15.0. The van der Waals surface area contributed by atoms with Crippen LogP contribution in [-0.2, 0) is 34.5 Å². The van der Waals surface area contributed by atoms with E-state index in [4.69, 9.17) is 9.84 Å². The number of benzene rings is 1. The van der Waals surface area contributed by atoms with Crippen LogP contribution >= 0.6 is 0 Å². The lowest BCUT2D eigenvalue weighted by Crippen LogP contribution is -2.46. The number of hydrogen-bond donors (Lipinski definition) is 2. The number of carboxylic acid groups (broad SMARTS) is 1. The molecule has 2 aromatic heterocycles. The average Bonchev–Trinajstić information content (AvgIpc) is 3.01. The van der Waals surface area contributed by atoms with E-state index in [0.717, 1.165) is 11.0 Å². The Labute approximate surface area is 279 Å². The maximum absolute atomic E-state index is 13.8. The Morgan fingerprint density at radius 1 is 0.980 bits per heavy atom. The zero-order valence-electron chi connectivity index (χ0n) is 26.7. The summed E-state index contributed by atoms with van der Waals surface area (Å²) in [4.78, 5) is 38.9. The molecule has 3 heterocycles. The van der Waals surface area contributed by atoms with Gasteiger partial charge in [-0.1, -0.05) is 6.92 Å². The van der Waals surface area contributed by atoms with Crippen molar-refractivity contribution < 1.29 is 58.9 Å². The topological polar surface area (TPSA) is 121 Å². The minimum Gasteiger partial charge on any atom is -0.481 e. The predicted molar refractivity (Wildman–Crippen MR) is 161 cm³/mol. The van der Waals surface area contributed by atoms with Crippen LogP contribution in [0.4, 0.5) is 61.6 Å². The van der Waals surface area contributed by atoms with E-state index in [0.29, 0.717) is 18.2 Å². The van der Waals surface area contributed by atoms with Gasteiger partial charge in [0.1, 0.15) is 5.69 Å². The minimum absolute atomic E-state index is 0.00528. The lowest BCUT2D eigenvalue weighted by molar-refractivity contribution is -0.143. The number of hydrogen-bond acceptors (Lipinski definition) is 8. The molecule has 0 radical (unpaired) electrons. The standard InChI is InChI=1S/C31H31F9N6O4/c1-4-19-14-21(26-22(7-8-24(44-26)31(38,39)40)46(19)28(49)50-9-5-6-25(47)48)43-27-41-15-23(45(2)3)20(42-27)12-16-10-17(29(32,33)34)13-18(11-16)30(35,36)37/h7-8,10-11,13,15,19,21H,4-6,9,12,14H2,1-3H3,(H,47,48)(H,41,42,43)/t19-,21+/m1/s1. The van der Waals surface area contributed by atoms with Gasteiger partial charge in [0.05, 0.1) is 52.7 Å². The quantitative estimate of drug-likeness (QED) is 0.160. The van der Waals surface area contributed by atoms with Crippen LogP contribution in [0.3, 0.4) is 0 Å². The van der Waals surface area contributed by atoms with Gasteiger partial charge in [0.25, 0.3) is 0 Å². The van der Waals surface area contributed by atoms with Gasteiger partial charge in [0.2, 0.25) is 5.95 Å². The maximum atomic E-state index is 13.8. The number of ether oxygens (including phenoxy) is 1. The highest BCUT2D eigenvalue weighted by atomic mass is 19.4. The molecular weight excluding hydrogens is 691 g/mol. The fourth-order valence-electron chi connectivity index (χ4n) is 5.40. The van der Waals surface area contributed by atoms with Crippen molar-refractivity contribution in [2.75, 3.05) is 35.8 Å². The van der Waals surface area contributed by atoms with Crippen molar-refractivity contribution in [3.05, 3.63) is 70.3 Å². The Hall–Kier alpha value is -4.84. The number of halogens is 9. The summed E-state index contributed by atoms with van der Waals surface area (Å²) >= 11 is 0. The van der Waals surface area contributed by atoms with Crippen LogP contribution in [0.25, 0.3) is 0 Å². The number of fused-ring (bicyclic) bond motifs is 1. The largest absolute Gasteiger partial charge is 0.481 e. The number of carbonyl (C=O) groups excluding carboxylic acids is 1. The second kappa shape index (κ2) is 14.6. The molecule has 1 aliphatic rings. The number of alkyl halides is 9. The van der Waals surface area contributed by atoms with E-state index in [-0.39, 0.29) is 72.6 Å². The van der Waals surface area contributed by atoms with Gasteiger partial charge >= 0.3 is 30.6 Å². The third-order valence-corrected chi connectivity index (χ3v) is 7.73. The number of anilines is 3. The molecule has 1 aromatic carbocycles. The Balaban J connectivity index is 1.74. The van der Waals surface area contributed by atoms with E-state index in [1.54, 1.807) is 21.0 Å². The first-order valence-electron chi connectivity index (χ1n) is 15.0. The van der Waals surface area contributed by atoms with Crippen LogP contribution in [-0.4, -0.2) is 58.9 Å². The predicted octanol–water partition coefficient (Wildman–Crippen LogP) is 7.73. The molecule has 272 valence electrons. The normalized spacial score (nSPS) is 16.5. The second-order valence-electron chi connectivity index (χ2n) is 11.6. The molecule has 1 aliphatic heterocycles. The van der Waals surface area contributed by atoms with Crippen LogP contribution in [0.1, 0.15) is 72.4 Å². The first-order chi connectivity index (χ1) is 23.2. The van der Waals surface area contributed by atoms with Crippen molar-refractivity contribution in [1.82, 2.24) is 15.0 Å². The molecule has 0 saturated heterocycles. The highest BCUT2D eigenvalue weighted by Crippen LogP contribution is 2.42. The van der Waals surface area contributed by atoms with Crippen molar-refractivity contribution in [3.8, 4) is 0 Å². The van der Waals surface area contributed by atoms with Gasteiger partial charge in [-0.25, -0.2) is 19.7 Å². The molecule has 1 amide bonds. The Morgan fingerprint density at radius 2 is 1.62 bits per heavy atom. The highest BCUT2D eigenvalue weighted by Gasteiger charge is 2.41. The van der Waals surface area contributed by atoms with E-state index in [1.807, 2.05) is 0 Å². The molecule has 50 heavy (non-hydrogen) atoms. The minimum atomic E-state index is -5.08. The average molecular weight is 723 g/mol. The van der Waals surface area contributed by atoms with Gasteiger partial charge in [-0.15, -0.1) is 0 Å². The number of amides is 1. The van der Waals surface area contributed by atoms with E-state index in [9.17, 15) is 49.1 Å². The van der Waals surface area contributed by atoms with E-state index in [2.05, 4.69) is 20.3 Å². The van der Waals surface area contributed by atoms with Crippen LogP contribution in [0.2, 0.25) is 0 Å². The van der Waals surface area contributed by atoms with Crippen LogP contribution in [0, 0.1) is 0 Å². The number of aliphatic carboxylic acids is 1. The molecule has 0 saturated carbocycles. The molecule has 0 bridgehead atoms. The molecule has 10 nitrogen and oxygen atoms in total. The van der Waals surface area contributed by atoms with Crippen LogP contribution in [0.15, 0.2) is 36.5 Å². The third kappa shape index (κ3) is 9.03. The summed E-state index contributed by atoms with van der Waals surface area (Å²) in [7, 11) is 3.09. The molecule has 3 aromatic rings. The molecule has 0 aliphatic carbocycles. The van der Waals surface area contributed by atoms with E-state index >= 15 is 0 Å². The van der Waals surface area contributed by atoms with Crippen molar-refractivity contribution in [2.45, 2.75) is 69.6 Å². The fraction of sp³-hybridized carbons (Fsp3) is 0.452. The number of aromatic nitrogens is 3. The Morgan fingerprint density at radius 3 is 2.16 bits per heavy atom. The maximum Gasteiger partial charge on any atom is 0.433 e. The van der Waals surface area contributed by atoms with Crippen molar-refractivity contribution >= 4 is 29.4 Å². The Bertz CT molecular complexity index is 1680. The molecule has 2 N–H and O–H groups in total. The first kappa shape index (κ1) is 38.0. The lowest BCUT2D eigenvalue weighted by atomic mass is 9.93. The summed E-state index contributed by atoms with van der Waals surface area (Å²) in [5, 5.41) is 11.7. The van der Waals surface area contributed by atoms with Gasteiger partial charge < -0.3 is 20.1 Å². The summed E-state index contributed by atoms with van der Waals surface area (Å²) in [6.07, 6.45) is -15.3. The van der Waals surface area contributed by atoms with Gasteiger partial charge in [-0.05, 0) is 55.2 Å². The zero-order chi connectivity index (χ0) is 37.2. The lowest BCUT2D eigenvalue weighted by Gasteiger charge is -2.39. The number of carbonyl (C=O) groups is 2. The van der Waals surface area contributed by atoms with Crippen LogP contribution in [0.5, 0.6) is 0 Å². The smallest absolute Gasteiger partial charge is 0.433 e. The van der Waals surface area contributed by atoms with E-state index < -0.39 is 65.9 Å². The van der Waals surface area contributed by atoms with Crippen molar-refractivity contribution in [3.63, 3.8) is 0 Å². The van der Waals surface area contributed by atoms with Gasteiger partial charge in [0, 0.05) is 33.0 Å². The third-order valence-electron chi connectivity index (χ3n) is 7.73. The summed E-state index contributed by atoms with van der Waals surface area (Å²) in [5.41, 5.74) is -4.68.